The molecule has 0 unspecified atom stereocenters. The molecule has 2 aromatic rings. The molecule has 0 aromatic carbocycles. The van der Waals surface area contributed by atoms with Crippen LogP contribution in [0.15, 0.2) is 11.1 Å². The van der Waals surface area contributed by atoms with Crippen LogP contribution in [0.2, 0.25) is 0 Å². The van der Waals surface area contributed by atoms with Crippen LogP contribution < -0.4 is 10.9 Å². The molecule has 0 amide bonds. The van der Waals surface area contributed by atoms with Crippen LogP contribution in [0.3, 0.4) is 0 Å². The lowest BCUT2D eigenvalue weighted by atomic mass is 9.93. The van der Waals surface area contributed by atoms with Gasteiger partial charge in [0.1, 0.15) is 12.2 Å². The van der Waals surface area contributed by atoms with Gasteiger partial charge in [0.2, 0.25) is 0 Å². The Morgan fingerprint density at radius 2 is 2.00 bits per heavy atom. The van der Waals surface area contributed by atoms with E-state index in [2.05, 4.69) is 15.3 Å². The minimum absolute atomic E-state index is 0. The highest BCUT2D eigenvalue weighted by atomic mass is 79.9. The minimum Gasteiger partial charge on any atom is -0.481 e. The summed E-state index contributed by atoms with van der Waals surface area (Å²) in [5, 5.41) is 12.1. The number of aliphatic carboxylic acids is 1. The molecule has 0 atom stereocenters. The van der Waals surface area contributed by atoms with Gasteiger partial charge in [0.25, 0.3) is 5.56 Å². The fourth-order valence-corrected chi connectivity index (χ4v) is 3.58. The van der Waals surface area contributed by atoms with E-state index in [1.54, 1.807) is 6.33 Å². The Kier molecular flexibility index (Phi) is 10.3. The third-order valence-corrected chi connectivity index (χ3v) is 5.21. The third kappa shape index (κ3) is 6.12. The maximum atomic E-state index is 12.7. The monoisotopic (exact) mass is 521 g/mol. The molecule has 0 radical (unpaired) electrons. The Labute approximate surface area is 185 Å². The van der Waals surface area contributed by atoms with Crippen molar-refractivity contribution in [3.05, 3.63) is 22.5 Å². The Hall–Kier alpha value is -1.26. The Morgan fingerprint density at radius 1 is 1.29 bits per heavy atom. The van der Waals surface area contributed by atoms with Crippen LogP contribution in [0.25, 0.3) is 11.2 Å². The van der Waals surface area contributed by atoms with E-state index in [1.165, 1.54) is 17.4 Å². The largest absolute Gasteiger partial charge is 0.481 e. The summed E-state index contributed by atoms with van der Waals surface area (Å²) in [6, 6.07) is 0. The van der Waals surface area contributed by atoms with Gasteiger partial charge in [-0.3, -0.25) is 14.2 Å². The number of nitrogens with zero attached hydrogens (tertiary/aromatic N) is 4. The molecule has 2 aromatic heterocycles. The van der Waals surface area contributed by atoms with Gasteiger partial charge in [-0.2, -0.15) is 0 Å². The smallest absolute Gasteiger partial charge is 0.303 e. The summed E-state index contributed by atoms with van der Waals surface area (Å²) >= 11 is 0. The van der Waals surface area contributed by atoms with E-state index in [9.17, 15) is 9.59 Å². The highest BCUT2D eigenvalue weighted by Crippen LogP contribution is 2.19. The summed E-state index contributed by atoms with van der Waals surface area (Å²) in [4.78, 5) is 32.2. The number of halogens is 2. The van der Waals surface area contributed by atoms with E-state index >= 15 is 0 Å². The van der Waals surface area contributed by atoms with Gasteiger partial charge < -0.3 is 15.0 Å². The maximum Gasteiger partial charge on any atom is 0.303 e. The van der Waals surface area contributed by atoms with Crippen LogP contribution >= 0.6 is 34.0 Å². The molecule has 1 fully saturated rings. The van der Waals surface area contributed by atoms with Gasteiger partial charge >= 0.3 is 5.97 Å². The standard InChI is InChI=1S/C18H27N5O3.2BrH/c1-22-14(6-5-13-7-9-19-10-8-13)21-16-17(22)20-12-23(18(16)26)11-3-2-4-15(24)25;;/h12-13,19H,2-11H2,1H3,(H,24,25);2*1H. The van der Waals surface area contributed by atoms with Gasteiger partial charge in [-0.05, 0) is 51.1 Å². The number of nitrogens with one attached hydrogen (secondary N) is 1. The zero-order chi connectivity index (χ0) is 18.5. The fourth-order valence-electron chi connectivity index (χ4n) is 3.58. The Morgan fingerprint density at radius 3 is 2.68 bits per heavy atom. The molecule has 28 heavy (non-hydrogen) atoms. The quantitative estimate of drug-likeness (QED) is 0.516. The first-order chi connectivity index (χ1) is 12.6. The van der Waals surface area contributed by atoms with Crippen LogP contribution in [-0.2, 0) is 24.8 Å². The number of unbranched alkanes of at least 4 members (excludes halogenated alkanes) is 1. The summed E-state index contributed by atoms with van der Waals surface area (Å²) in [5.74, 6) is 0.815. The normalized spacial score (nSPS) is 14.5. The van der Waals surface area contributed by atoms with Crippen molar-refractivity contribution in [2.24, 2.45) is 13.0 Å². The first kappa shape index (κ1) is 24.8. The van der Waals surface area contributed by atoms with E-state index in [1.807, 2.05) is 11.6 Å². The lowest BCUT2D eigenvalue weighted by molar-refractivity contribution is -0.137. The molecule has 158 valence electrons. The first-order valence-electron chi connectivity index (χ1n) is 9.39. The SMILES string of the molecule is Br.Br.Cn1c(CCC2CCNCC2)nc2c(=O)n(CCCCC(=O)O)cnc21. The molecule has 3 heterocycles. The van der Waals surface area contributed by atoms with Crippen molar-refractivity contribution in [3.8, 4) is 0 Å². The zero-order valence-corrected chi connectivity index (χ0v) is 19.5. The Bertz CT molecular complexity index is 830. The maximum absolute atomic E-state index is 12.7. The number of piperidine rings is 1. The summed E-state index contributed by atoms with van der Waals surface area (Å²) in [6.45, 7) is 2.64. The summed E-state index contributed by atoms with van der Waals surface area (Å²) in [7, 11) is 1.91. The average Bonchev–Trinajstić information content (AvgIpc) is 2.96. The van der Waals surface area contributed by atoms with Crippen LogP contribution in [0.5, 0.6) is 0 Å². The molecule has 1 aliphatic rings. The number of imidazole rings is 1. The van der Waals surface area contributed by atoms with Gasteiger partial charge in [-0.25, -0.2) is 9.97 Å². The van der Waals surface area contributed by atoms with E-state index in [0.717, 1.165) is 37.7 Å². The molecule has 1 saturated heterocycles. The molecule has 1 aliphatic heterocycles. The predicted molar refractivity (Wildman–Crippen MR) is 119 cm³/mol. The van der Waals surface area contributed by atoms with Crippen molar-refractivity contribution < 1.29 is 9.90 Å². The van der Waals surface area contributed by atoms with Crippen LogP contribution in [0.4, 0.5) is 0 Å². The number of rotatable bonds is 8. The second-order valence-electron chi connectivity index (χ2n) is 7.09. The lowest BCUT2D eigenvalue weighted by Gasteiger charge is -2.22. The Balaban J connectivity index is 0.00000196. The van der Waals surface area contributed by atoms with Gasteiger partial charge in [0.15, 0.2) is 11.2 Å². The molecule has 0 aliphatic carbocycles. The molecule has 10 heteroatoms. The van der Waals surface area contributed by atoms with Crippen molar-refractivity contribution in [1.29, 1.82) is 0 Å². The van der Waals surface area contributed by atoms with Crippen LogP contribution in [-0.4, -0.2) is 43.3 Å². The molecule has 0 bridgehead atoms. The van der Waals surface area contributed by atoms with Crippen molar-refractivity contribution in [1.82, 2.24) is 24.4 Å². The van der Waals surface area contributed by atoms with Crippen molar-refractivity contribution in [2.45, 2.75) is 51.5 Å². The van der Waals surface area contributed by atoms with E-state index in [-0.39, 0.29) is 45.9 Å². The molecule has 0 spiro atoms. The number of carbonyl (C=O) groups is 1. The number of hydrogen-bond acceptors (Lipinski definition) is 5. The lowest BCUT2D eigenvalue weighted by Crippen LogP contribution is -2.28. The average molecular weight is 523 g/mol. The van der Waals surface area contributed by atoms with Crippen LogP contribution in [0.1, 0.15) is 44.3 Å². The highest BCUT2D eigenvalue weighted by molar-refractivity contribution is 8.93. The molecule has 3 rings (SSSR count). The summed E-state index contributed by atoms with van der Waals surface area (Å²) < 4.78 is 3.46. The van der Waals surface area contributed by atoms with Gasteiger partial charge in [0.05, 0.1) is 0 Å². The zero-order valence-electron chi connectivity index (χ0n) is 16.1. The van der Waals surface area contributed by atoms with Crippen LogP contribution in [0, 0.1) is 5.92 Å². The van der Waals surface area contributed by atoms with E-state index in [4.69, 9.17) is 5.11 Å². The minimum atomic E-state index is -0.811. The summed E-state index contributed by atoms with van der Waals surface area (Å²) in [6.07, 6.45) is 7.19. The highest BCUT2D eigenvalue weighted by Gasteiger charge is 2.17. The number of aromatic nitrogens is 4. The topological polar surface area (TPSA) is 102 Å². The van der Waals surface area contributed by atoms with E-state index in [0.29, 0.717) is 30.6 Å². The predicted octanol–water partition coefficient (Wildman–Crippen LogP) is 2.47. The first-order valence-corrected chi connectivity index (χ1v) is 9.39. The van der Waals surface area contributed by atoms with Crippen molar-refractivity contribution in [3.63, 3.8) is 0 Å². The molecular formula is C18H29Br2N5O3. The second kappa shape index (κ2) is 11.7. The molecule has 2 N–H and O–H groups in total. The molecule has 0 saturated carbocycles. The number of fused-ring (bicyclic) bond motifs is 1. The second-order valence-corrected chi connectivity index (χ2v) is 7.09. The van der Waals surface area contributed by atoms with E-state index < -0.39 is 5.97 Å². The number of carboxylic acid groups (broad SMARTS) is 1. The number of carboxylic acids is 1. The van der Waals surface area contributed by atoms with Gasteiger partial charge in [0, 0.05) is 26.4 Å². The van der Waals surface area contributed by atoms with Crippen molar-refractivity contribution >= 4 is 51.1 Å². The molecular weight excluding hydrogens is 494 g/mol. The van der Waals surface area contributed by atoms with Gasteiger partial charge in [-0.15, -0.1) is 34.0 Å². The number of aryl methyl sites for hydroxylation is 3. The molecule has 8 nitrogen and oxygen atoms in total. The fraction of sp³-hybridized carbons (Fsp3) is 0.667. The van der Waals surface area contributed by atoms with Crippen molar-refractivity contribution in [2.75, 3.05) is 13.1 Å². The van der Waals surface area contributed by atoms with Gasteiger partial charge in [-0.1, -0.05) is 0 Å². The number of hydrogen-bond donors (Lipinski definition) is 2. The third-order valence-electron chi connectivity index (χ3n) is 5.21. The summed E-state index contributed by atoms with van der Waals surface area (Å²) in [5.41, 5.74) is 0.889.